The Hall–Kier alpha value is -2.54. The molecule has 0 radical (unpaired) electrons. The minimum Gasteiger partial charge on any atom is -0.371 e. The van der Waals surface area contributed by atoms with Gasteiger partial charge in [0.25, 0.3) is 0 Å². The summed E-state index contributed by atoms with van der Waals surface area (Å²) in [5, 5.41) is 13.8. The van der Waals surface area contributed by atoms with Gasteiger partial charge in [0.2, 0.25) is 0 Å². The zero-order chi connectivity index (χ0) is 23.7. The van der Waals surface area contributed by atoms with Crippen LogP contribution in [0.15, 0.2) is 48.5 Å². The minimum absolute atomic E-state index is 0.668. The first-order valence-electron chi connectivity index (χ1n) is 11.8. The predicted octanol–water partition coefficient (Wildman–Crippen LogP) is 5.41. The number of hydrogen-bond donors (Lipinski definition) is 1. The zero-order valence-electron chi connectivity index (χ0n) is 19.6. The molecule has 34 heavy (non-hydrogen) atoms. The van der Waals surface area contributed by atoms with Crippen molar-refractivity contribution in [2.24, 2.45) is 0 Å². The summed E-state index contributed by atoms with van der Waals surface area (Å²) in [6.45, 7) is 4.50. The molecule has 2 aliphatic rings. The lowest BCUT2D eigenvalue weighted by Crippen LogP contribution is -2.41. The SMILES string of the molecule is CN(C)C1CCN(c2ccc(-c3cc4c(nn3)NCCN4Cc3cc(Cl)ccc3Cl)cc2)CC1. The lowest BCUT2D eigenvalue weighted by molar-refractivity contribution is 0.249. The Kier molecular flexibility index (Phi) is 6.82. The first kappa shape index (κ1) is 23.2. The topological polar surface area (TPSA) is 47.5 Å². The molecular formula is C26H30Cl2N6. The Morgan fingerprint density at radius 1 is 0.971 bits per heavy atom. The van der Waals surface area contributed by atoms with Crippen LogP contribution in [0.5, 0.6) is 0 Å². The van der Waals surface area contributed by atoms with Crippen molar-refractivity contribution in [3.05, 3.63) is 64.1 Å². The quantitative estimate of drug-likeness (QED) is 0.509. The minimum atomic E-state index is 0.668. The summed E-state index contributed by atoms with van der Waals surface area (Å²) in [6, 6.07) is 17.1. The highest BCUT2D eigenvalue weighted by Crippen LogP contribution is 2.33. The average Bonchev–Trinajstić information content (AvgIpc) is 2.86. The van der Waals surface area contributed by atoms with Crippen molar-refractivity contribution < 1.29 is 0 Å². The van der Waals surface area contributed by atoms with Crippen LogP contribution in [0.2, 0.25) is 10.0 Å². The maximum Gasteiger partial charge on any atom is 0.172 e. The van der Waals surface area contributed by atoms with Crippen LogP contribution in [0.1, 0.15) is 18.4 Å². The number of anilines is 3. The second kappa shape index (κ2) is 9.98. The molecule has 178 valence electrons. The van der Waals surface area contributed by atoms with Crippen molar-refractivity contribution in [3.63, 3.8) is 0 Å². The van der Waals surface area contributed by atoms with Gasteiger partial charge in [-0.15, -0.1) is 10.2 Å². The molecule has 0 unspecified atom stereocenters. The summed E-state index contributed by atoms with van der Waals surface area (Å²) in [4.78, 5) is 7.10. The Morgan fingerprint density at radius 2 is 1.74 bits per heavy atom. The molecule has 6 nitrogen and oxygen atoms in total. The van der Waals surface area contributed by atoms with Crippen LogP contribution in [-0.4, -0.2) is 61.4 Å². The molecule has 3 aromatic rings. The van der Waals surface area contributed by atoms with Gasteiger partial charge in [0.1, 0.15) is 0 Å². The molecule has 1 saturated heterocycles. The molecule has 0 spiro atoms. The highest BCUT2D eigenvalue weighted by atomic mass is 35.5. The lowest BCUT2D eigenvalue weighted by Gasteiger charge is -2.36. The van der Waals surface area contributed by atoms with Gasteiger partial charge in [-0.05, 0) is 68.9 Å². The largest absolute Gasteiger partial charge is 0.371 e. The predicted molar refractivity (Wildman–Crippen MR) is 142 cm³/mol. The van der Waals surface area contributed by atoms with Gasteiger partial charge in [0.15, 0.2) is 5.82 Å². The number of aromatic nitrogens is 2. The number of halogens is 2. The van der Waals surface area contributed by atoms with Crippen molar-refractivity contribution in [1.29, 1.82) is 0 Å². The van der Waals surface area contributed by atoms with E-state index in [-0.39, 0.29) is 0 Å². The Bertz CT molecular complexity index is 1140. The fourth-order valence-electron chi connectivity index (χ4n) is 4.84. The molecule has 1 aromatic heterocycles. The number of fused-ring (bicyclic) bond motifs is 1. The molecule has 5 rings (SSSR count). The summed E-state index contributed by atoms with van der Waals surface area (Å²) >= 11 is 12.6. The van der Waals surface area contributed by atoms with E-state index in [0.29, 0.717) is 17.6 Å². The van der Waals surface area contributed by atoms with Gasteiger partial charge in [-0.2, -0.15) is 0 Å². The maximum atomic E-state index is 6.44. The first-order valence-corrected chi connectivity index (χ1v) is 12.6. The first-order chi connectivity index (χ1) is 16.5. The molecule has 0 aliphatic carbocycles. The second-order valence-electron chi connectivity index (χ2n) is 9.28. The number of nitrogens with one attached hydrogen (secondary N) is 1. The van der Waals surface area contributed by atoms with Crippen molar-refractivity contribution in [3.8, 4) is 11.3 Å². The van der Waals surface area contributed by atoms with E-state index in [4.69, 9.17) is 23.2 Å². The summed E-state index contributed by atoms with van der Waals surface area (Å²) in [7, 11) is 4.35. The zero-order valence-corrected chi connectivity index (χ0v) is 21.1. The van der Waals surface area contributed by atoms with Crippen LogP contribution in [0.4, 0.5) is 17.2 Å². The molecule has 2 aliphatic heterocycles. The van der Waals surface area contributed by atoms with Gasteiger partial charge < -0.3 is 20.0 Å². The van der Waals surface area contributed by atoms with Crippen LogP contribution < -0.4 is 15.1 Å². The number of piperidine rings is 1. The third-order valence-electron chi connectivity index (χ3n) is 6.88. The third kappa shape index (κ3) is 4.95. The van der Waals surface area contributed by atoms with E-state index in [1.165, 1.54) is 18.5 Å². The number of rotatable bonds is 5. The smallest absolute Gasteiger partial charge is 0.172 e. The molecule has 8 heteroatoms. The van der Waals surface area contributed by atoms with Crippen LogP contribution in [0, 0.1) is 0 Å². The van der Waals surface area contributed by atoms with Crippen LogP contribution >= 0.6 is 23.2 Å². The van der Waals surface area contributed by atoms with Crippen LogP contribution in [-0.2, 0) is 6.54 Å². The molecule has 0 bridgehead atoms. The number of benzene rings is 2. The number of hydrogen-bond acceptors (Lipinski definition) is 6. The fourth-order valence-corrected chi connectivity index (χ4v) is 5.21. The fraction of sp³-hybridized carbons (Fsp3) is 0.385. The number of nitrogens with zero attached hydrogens (tertiary/aromatic N) is 5. The van der Waals surface area contributed by atoms with Crippen LogP contribution in [0.3, 0.4) is 0 Å². The van der Waals surface area contributed by atoms with E-state index in [9.17, 15) is 0 Å². The van der Waals surface area contributed by atoms with E-state index in [1.54, 1.807) is 0 Å². The van der Waals surface area contributed by atoms with E-state index in [0.717, 1.165) is 59.5 Å². The van der Waals surface area contributed by atoms with Gasteiger partial charge in [0.05, 0.1) is 11.4 Å². The Morgan fingerprint density at radius 3 is 2.47 bits per heavy atom. The van der Waals surface area contributed by atoms with E-state index < -0.39 is 0 Å². The standard InChI is InChI=1S/C26H30Cl2N6/c1-32(2)21-9-12-33(13-10-21)22-6-3-18(4-7-22)24-16-25-26(31-30-24)29-11-14-34(25)17-19-15-20(27)5-8-23(19)28/h3-8,15-16,21H,9-14,17H2,1-2H3,(H,29,31). The van der Waals surface area contributed by atoms with E-state index in [1.807, 2.05) is 18.2 Å². The Labute approximate surface area is 211 Å². The second-order valence-corrected chi connectivity index (χ2v) is 10.1. The van der Waals surface area contributed by atoms with Crippen molar-refractivity contribution in [2.45, 2.75) is 25.4 Å². The van der Waals surface area contributed by atoms with Crippen molar-refractivity contribution >= 4 is 40.4 Å². The van der Waals surface area contributed by atoms with Gasteiger partial charge >= 0.3 is 0 Å². The highest BCUT2D eigenvalue weighted by Gasteiger charge is 2.22. The molecule has 0 saturated carbocycles. The molecule has 2 aromatic carbocycles. The van der Waals surface area contributed by atoms with Crippen molar-refractivity contribution in [1.82, 2.24) is 15.1 Å². The molecule has 1 N–H and O–H groups in total. The van der Waals surface area contributed by atoms with Gasteiger partial charge in [0, 0.05) is 60.1 Å². The van der Waals surface area contributed by atoms with Gasteiger partial charge in [-0.1, -0.05) is 35.3 Å². The molecule has 1 fully saturated rings. The molecular weight excluding hydrogens is 467 g/mol. The van der Waals surface area contributed by atoms with Gasteiger partial charge in [-0.3, -0.25) is 0 Å². The molecule has 0 atom stereocenters. The molecule has 0 amide bonds. The summed E-state index contributed by atoms with van der Waals surface area (Å²) in [5.41, 5.74) is 5.23. The normalized spacial score (nSPS) is 16.5. The average molecular weight is 497 g/mol. The third-order valence-corrected chi connectivity index (χ3v) is 7.48. The maximum absolute atomic E-state index is 6.44. The van der Waals surface area contributed by atoms with Crippen LogP contribution in [0.25, 0.3) is 11.3 Å². The summed E-state index contributed by atoms with van der Waals surface area (Å²) < 4.78 is 0. The molecule has 3 heterocycles. The van der Waals surface area contributed by atoms with Crippen molar-refractivity contribution in [2.75, 3.05) is 55.4 Å². The van der Waals surface area contributed by atoms with E-state index in [2.05, 4.69) is 74.6 Å². The lowest BCUT2D eigenvalue weighted by atomic mass is 10.0. The Balaban J connectivity index is 1.34. The summed E-state index contributed by atoms with van der Waals surface area (Å²) in [5.74, 6) is 0.800. The highest BCUT2D eigenvalue weighted by molar-refractivity contribution is 6.33. The summed E-state index contributed by atoms with van der Waals surface area (Å²) in [6.07, 6.45) is 2.40. The monoisotopic (exact) mass is 496 g/mol. The van der Waals surface area contributed by atoms with Gasteiger partial charge in [-0.25, -0.2) is 0 Å². The van der Waals surface area contributed by atoms with E-state index >= 15 is 0 Å².